The van der Waals surface area contributed by atoms with Gasteiger partial charge in [-0.3, -0.25) is 9.58 Å². The average molecular weight is 262 g/mol. The van der Waals surface area contributed by atoms with Gasteiger partial charge in [-0.05, 0) is 25.3 Å². The summed E-state index contributed by atoms with van der Waals surface area (Å²) in [5, 5.41) is 8.17. The SMILES string of the molecule is CCC1CNC2(CCCC2)CN1CCn1cccn1. The molecule has 0 bridgehead atoms. The highest BCUT2D eigenvalue weighted by Gasteiger charge is 2.40. The van der Waals surface area contributed by atoms with Crippen LogP contribution in [0.2, 0.25) is 0 Å². The topological polar surface area (TPSA) is 33.1 Å². The molecule has 1 aromatic rings. The van der Waals surface area contributed by atoms with E-state index in [1.54, 1.807) is 0 Å². The molecular formula is C15H26N4. The first kappa shape index (κ1) is 13.1. The van der Waals surface area contributed by atoms with E-state index in [-0.39, 0.29) is 0 Å². The van der Waals surface area contributed by atoms with Gasteiger partial charge in [0.25, 0.3) is 0 Å². The van der Waals surface area contributed by atoms with Gasteiger partial charge < -0.3 is 5.32 Å². The van der Waals surface area contributed by atoms with Crippen LogP contribution in [0.4, 0.5) is 0 Å². The van der Waals surface area contributed by atoms with Gasteiger partial charge in [0.15, 0.2) is 0 Å². The quantitative estimate of drug-likeness (QED) is 0.899. The van der Waals surface area contributed by atoms with Gasteiger partial charge in [0.05, 0.1) is 6.54 Å². The van der Waals surface area contributed by atoms with Gasteiger partial charge in [0, 0.05) is 43.6 Å². The molecule has 1 unspecified atom stereocenters. The Morgan fingerprint density at radius 3 is 2.84 bits per heavy atom. The lowest BCUT2D eigenvalue weighted by molar-refractivity contribution is 0.0743. The smallest absolute Gasteiger partial charge is 0.0536 e. The van der Waals surface area contributed by atoms with Gasteiger partial charge in [-0.2, -0.15) is 5.10 Å². The molecule has 106 valence electrons. The standard InChI is InChI=1S/C15H26N4/c1-2-14-12-16-15(6-3-4-7-15)13-18(14)10-11-19-9-5-8-17-19/h5,8-9,14,16H,2-4,6-7,10-13H2,1H3. The van der Waals surface area contributed by atoms with Gasteiger partial charge in [-0.1, -0.05) is 19.8 Å². The van der Waals surface area contributed by atoms with Gasteiger partial charge in [0.1, 0.15) is 0 Å². The van der Waals surface area contributed by atoms with E-state index < -0.39 is 0 Å². The minimum atomic E-state index is 0.426. The van der Waals surface area contributed by atoms with E-state index in [1.807, 2.05) is 12.3 Å². The molecule has 2 heterocycles. The first-order valence-corrected chi connectivity index (χ1v) is 7.78. The van der Waals surface area contributed by atoms with E-state index in [9.17, 15) is 0 Å². The highest BCUT2D eigenvalue weighted by atomic mass is 15.3. The fourth-order valence-corrected chi connectivity index (χ4v) is 3.75. The Balaban J connectivity index is 1.62. The maximum atomic E-state index is 4.31. The zero-order valence-corrected chi connectivity index (χ0v) is 12.0. The van der Waals surface area contributed by atoms with Crippen molar-refractivity contribution in [1.29, 1.82) is 0 Å². The van der Waals surface area contributed by atoms with Crippen LogP contribution in [0, 0.1) is 0 Å². The van der Waals surface area contributed by atoms with Crippen LogP contribution in [0.3, 0.4) is 0 Å². The predicted molar refractivity (Wildman–Crippen MR) is 77.1 cm³/mol. The molecule has 1 saturated heterocycles. The Morgan fingerprint density at radius 2 is 2.16 bits per heavy atom. The number of piperazine rings is 1. The maximum Gasteiger partial charge on any atom is 0.0536 e. The zero-order chi connectivity index (χ0) is 13.1. The summed E-state index contributed by atoms with van der Waals surface area (Å²) in [5.41, 5.74) is 0.426. The summed E-state index contributed by atoms with van der Waals surface area (Å²) in [7, 11) is 0. The van der Waals surface area contributed by atoms with Gasteiger partial charge in [0.2, 0.25) is 0 Å². The van der Waals surface area contributed by atoms with Crippen molar-refractivity contribution in [2.45, 2.75) is 57.2 Å². The van der Waals surface area contributed by atoms with Crippen LogP contribution in [0.15, 0.2) is 18.5 Å². The number of nitrogens with one attached hydrogen (secondary N) is 1. The third kappa shape index (κ3) is 2.84. The summed E-state index contributed by atoms with van der Waals surface area (Å²) >= 11 is 0. The minimum Gasteiger partial charge on any atom is -0.308 e. The summed E-state index contributed by atoms with van der Waals surface area (Å²) < 4.78 is 2.05. The van der Waals surface area contributed by atoms with E-state index in [4.69, 9.17) is 0 Å². The summed E-state index contributed by atoms with van der Waals surface area (Å²) in [6.07, 6.45) is 10.7. The van der Waals surface area contributed by atoms with E-state index in [0.717, 1.165) is 19.6 Å². The van der Waals surface area contributed by atoms with E-state index in [0.29, 0.717) is 11.6 Å². The van der Waals surface area contributed by atoms with Crippen molar-refractivity contribution in [2.75, 3.05) is 19.6 Å². The second-order valence-corrected chi connectivity index (χ2v) is 6.17. The molecule has 4 nitrogen and oxygen atoms in total. The monoisotopic (exact) mass is 262 g/mol. The molecule has 3 rings (SSSR count). The Hall–Kier alpha value is -0.870. The van der Waals surface area contributed by atoms with Crippen LogP contribution >= 0.6 is 0 Å². The van der Waals surface area contributed by atoms with Crippen molar-refractivity contribution in [3.63, 3.8) is 0 Å². The van der Waals surface area contributed by atoms with Gasteiger partial charge in [-0.15, -0.1) is 0 Å². The molecule has 2 fully saturated rings. The lowest BCUT2D eigenvalue weighted by Crippen LogP contribution is -2.63. The van der Waals surface area contributed by atoms with Crippen LogP contribution < -0.4 is 5.32 Å². The second kappa shape index (κ2) is 5.63. The lowest BCUT2D eigenvalue weighted by Gasteiger charge is -2.46. The van der Waals surface area contributed by atoms with Crippen molar-refractivity contribution in [2.24, 2.45) is 0 Å². The third-order valence-electron chi connectivity index (χ3n) is 4.94. The molecule has 1 atom stereocenters. The van der Waals surface area contributed by atoms with E-state index >= 15 is 0 Å². The maximum absolute atomic E-state index is 4.31. The molecule has 1 saturated carbocycles. The molecule has 1 spiro atoms. The number of aromatic nitrogens is 2. The highest BCUT2D eigenvalue weighted by Crippen LogP contribution is 2.33. The van der Waals surface area contributed by atoms with Crippen molar-refractivity contribution in [1.82, 2.24) is 20.0 Å². The van der Waals surface area contributed by atoms with Crippen molar-refractivity contribution in [3.05, 3.63) is 18.5 Å². The third-order valence-corrected chi connectivity index (χ3v) is 4.94. The Morgan fingerprint density at radius 1 is 1.32 bits per heavy atom. The average Bonchev–Trinajstić information content (AvgIpc) is 3.09. The summed E-state index contributed by atoms with van der Waals surface area (Å²) in [6.45, 7) is 6.84. The molecule has 1 aliphatic carbocycles. The second-order valence-electron chi connectivity index (χ2n) is 6.17. The van der Waals surface area contributed by atoms with Crippen molar-refractivity contribution in [3.8, 4) is 0 Å². The summed E-state index contributed by atoms with van der Waals surface area (Å²) in [5.74, 6) is 0. The summed E-state index contributed by atoms with van der Waals surface area (Å²) in [4.78, 5) is 2.70. The van der Waals surface area contributed by atoms with Crippen LogP contribution in [-0.4, -0.2) is 45.9 Å². The molecule has 0 aromatic carbocycles. The predicted octanol–water partition coefficient (Wildman–Crippen LogP) is 1.88. The molecule has 4 heteroatoms. The Kier molecular flexibility index (Phi) is 3.89. The van der Waals surface area contributed by atoms with E-state index in [2.05, 4.69) is 33.1 Å². The first-order valence-electron chi connectivity index (χ1n) is 7.78. The number of rotatable bonds is 4. The van der Waals surface area contributed by atoms with Crippen molar-refractivity contribution < 1.29 is 0 Å². The Bertz CT molecular complexity index is 381. The molecule has 1 aromatic heterocycles. The molecular weight excluding hydrogens is 236 g/mol. The van der Waals surface area contributed by atoms with E-state index in [1.165, 1.54) is 38.6 Å². The first-order chi connectivity index (χ1) is 9.31. The number of hydrogen-bond donors (Lipinski definition) is 1. The summed E-state index contributed by atoms with van der Waals surface area (Å²) in [6, 6.07) is 2.70. The van der Waals surface area contributed by atoms with Crippen LogP contribution in [0.5, 0.6) is 0 Å². The molecule has 2 aliphatic rings. The van der Waals surface area contributed by atoms with Gasteiger partial charge in [-0.25, -0.2) is 0 Å². The largest absolute Gasteiger partial charge is 0.308 e. The fraction of sp³-hybridized carbons (Fsp3) is 0.800. The molecule has 0 amide bonds. The number of hydrogen-bond acceptors (Lipinski definition) is 3. The Labute approximate surface area is 116 Å². The zero-order valence-electron chi connectivity index (χ0n) is 12.0. The van der Waals surface area contributed by atoms with Crippen LogP contribution in [0.25, 0.3) is 0 Å². The lowest BCUT2D eigenvalue weighted by atomic mass is 9.91. The fourth-order valence-electron chi connectivity index (χ4n) is 3.75. The number of nitrogens with zero attached hydrogens (tertiary/aromatic N) is 3. The molecule has 19 heavy (non-hydrogen) atoms. The normalized spacial score (nSPS) is 27.1. The highest BCUT2D eigenvalue weighted by molar-refractivity contribution is 5.00. The molecule has 0 radical (unpaired) electrons. The molecule has 1 N–H and O–H groups in total. The van der Waals surface area contributed by atoms with Crippen LogP contribution in [-0.2, 0) is 6.54 Å². The molecule has 1 aliphatic heterocycles. The van der Waals surface area contributed by atoms with Crippen molar-refractivity contribution >= 4 is 0 Å². The van der Waals surface area contributed by atoms with Crippen LogP contribution in [0.1, 0.15) is 39.0 Å². The minimum absolute atomic E-state index is 0.426. The van der Waals surface area contributed by atoms with Gasteiger partial charge >= 0.3 is 0 Å².